The van der Waals surface area contributed by atoms with E-state index in [4.69, 9.17) is 9.47 Å². The van der Waals surface area contributed by atoms with Crippen LogP contribution in [0.3, 0.4) is 0 Å². The average Bonchev–Trinajstić information content (AvgIpc) is 3.31. The predicted octanol–water partition coefficient (Wildman–Crippen LogP) is 2.66. The minimum Gasteiger partial charge on any atom is -0.495 e. The van der Waals surface area contributed by atoms with Crippen LogP contribution in [0.15, 0.2) is 18.2 Å². The second kappa shape index (κ2) is 8.63. The first-order valence-corrected chi connectivity index (χ1v) is 9.84. The quantitative estimate of drug-likeness (QED) is 0.758. The molecule has 7 nitrogen and oxygen atoms in total. The normalized spacial score (nSPS) is 20.9. The fourth-order valence-electron chi connectivity index (χ4n) is 3.94. The van der Waals surface area contributed by atoms with Crippen molar-refractivity contribution >= 4 is 23.5 Å². The Morgan fingerprint density at radius 2 is 1.96 bits per heavy atom. The molecular weight excluding hydrogens is 360 g/mol. The Bertz CT molecular complexity index is 757. The smallest absolute Gasteiger partial charge is 0.312 e. The molecule has 1 aliphatic carbocycles. The van der Waals surface area contributed by atoms with Crippen LogP contribution in [0.1, 0.15) is 44.6 Å². The highest BCUT2D eigenvalue weighted by molar-refractivity contribution is 5.97. The number of carbonyl (C=O) groups is 3. The van der Waals surface area contributed by atoms with Crippen LogP contribution >= 0.6 is 0 Å². The van der Waals surface area contributed by atoms with Crippen LogP contribution in [-0.4, -0.2) is 48.5 Å². The number of benzene rings is 1. The second-order valence-corrected chi connectivity index (χ2v) is 7.66. The number of nitrogens with one attached hydrogen (secondary N) is 1. The van der Waals surface area contributed by atoms with Crippen molar-refractivity contribution in [2.45, 2.75) is 58.1 Å². The van der Waals surface area contributed by atoms with Gasteiger partial charge in [0.25, 0.3) is 5.91 Å². The lowest BCUT2D eigenvalue weighted by atomic mass is 10.1. The summed E-state index contributed by atoms with van der Waals surface area (Å²) in [5.41, 5.74) is 1.50. The van der Waals surface area contributed by atoms with Gasteiger partial charge >= 0.3 is 5.97 Å². The Labute approximate surface area is 165 Å². The third-order valence-corrected chi connectivity index (χ3v) is 5.53. The van der Waals surface area contributed by atoms with Crippen molar-refractivity contribution in [1.29, 1.82) is 0 Å². The topological polar surface area (TPSA) is 84.9 Å². The zero-order chi connectivity index (χ0) is 20.3. The standard InChI is InChI=1S/C21H28N2O5/c1-13-8-9-18(27-3)17(10-13)22-20(25)14(2)28-21(26)15-11-19(24)23(12-15)16-6-4-5-7-16/h8-10,14-16H,4-7,11-12H2,1-3H3,(H,22,25)/t14-,15-/m0/s1. The summed E-state index contributed by atoms with van der Waals surface area (Å²) < 4.78 is 10.6. The van der Waals surface area contributed by atoms with Crippen molar-refractivity contribution in [3.63, 3.8) is 0 Å². The second-order valence-electron chi connectivity index (χ2n) is 7.66. The minimum atomic E-state index is -0.964. The molecule has 1 aromatic rings. The molecule has 3 rings (SSSR count). The fourth-order valence-corrected chi connectivity index (χ4v) is 3.94. The van der Waals surface area contributed by atoms with Crippen molar-refractivity contribution in [3.8, 4) is 5.75 Å². The lowest BCUT2D eigenvalue weighted by Gasteiger charge is -2.24. The number of rotatable bonds is 6. The Balaban J connectivity index is 1.56. The summed E-state index contributed by atoms with van der Waals surface area (Å²) in [4.78, 5) is 39.0. The van der Waals surface area contributed by atoms with Crippen molar-refractivity contribution in [2.75, 3.05) is 19.0 Å². The van der Waals surface area contributed by atoms with Gasteiger partial charge in [-0.1, -0.05) is 18.9 Å². The van der Waals surface area contributed by atoms with Crippen LogP contribution in [0, 0.1) is 12.8 Å². The van der Waals surface area contributed by atoms with E-state index < -0.39 is 23.9 Å². The van der Waals surface area contributed by atoms with Crippen LogP contribution in [0.25, 0.3) is 0 Å². The minimum absolute atomic E-state index is 0.00968. The lowest BCUT2D eigenvalue weighted by Crippen LogP contribution is -2.36. The summed E-state index contributed by atoms with van der Waals surface area (Å²) in [6.07, 6.45) is 3.46. The number of amides is 2. The average molecular weight is 388 g/mol. The van der Waals surface area contributed by atoms with Gasteiger partial charge in [0, 0.05) is 19.0 Å². The summed E-state index contributed by atoms with van der Waals surface area (Å²) >= 11 is 0. The van der Waals surface area contributed by atoms with Gasteiger partial charge in [-0.2, -0.15) is 0 Å². The molecule has 0 unspecified atom stereocenters. The molecule has 1 saturated heterocycles. The first-order chi connectivity index (χ1) is 13.4. The monoisotopic (exact) mass is 388 g/mol. The number of carbonyl (C=O) groups excluding carboxylic acids is 3. The molecule has 0 radical (unpaired) electrons. The number of esters is 1. The SMILES string of the molecule is COc1ccc(C)cc1NC(=O)[C@H](C)OC(=O)[C@H]1CC(=O)N(C2CCCC2)C1. The molecule has 0 aromatic heterocycles. The molecule has 1 heterocycles. The fraction of sp³-hybridized carbons (Fsp3) is 0.571. The van der Waals surface area contributed by atoms with Gasteiger partial charge in [0.15, 0.2) is 6.10 Å². The molecule has 2 atom stereocenters. The molecule has 28 heavy (non-hydrogen) atoms. The Kier molecular flexibility index (Phi) is 6.21. The third-order valence-electron chi connectivity index (χ3n) is 5.53. The van der Waals surface area contributed by atoms with Gasteiger partial charge in [-0.05, 0) is 44.4 Å². The summed E-state index contributed by atoms with van der Waals surface area (Å²) in [6, 6.07) is 5.69. The van der Waals surface area contributed by atoms with E-state index in [0.29, 0.717) is 18.0 Å². The molecule has 1 saturated carbocycles. The van der Waals surface area contributed by atoms with Crippen molar-refractivity contribution in [1.82, 2.24) is 4.90 Å². The van der Waals surface area contributed by atoms with Crippen LogP contribution in [0.5, 0.6) is 5.75 Å². The maximum absolute atomic E-state index is 12.5. The molecule has 1 aromatic carbocycles. The van der Waals surface area contributed by atoms with Crippen LogP contribution in [-0.2, 0) is 19.1 Å². The highest BCUT2D eigenvalue weighted by Gasteiger charge is 2.40. The number of anilines is 1. The van der Waals surface area contributed by atoms with Gasteiger partial charge in [0.05, 0.1) is 18.7 Å². The van der Waals surface area contributed by atoms with Crippen molar-refractivity contribution in [3.05, 3.63) is 23.8 Å². The Hall–Kier alpha value is -2.57. The third kappa shape index (κ3) is 4.46. The van der Waals surface area contributed by atoms with Gasteiger partial charge in [0.1, 0.15) is 5.75 Å². The molecule has 2 aliphatic rings. The lowest BCUT2D eigenvalue weighted by molar-refractivity contribution is -0.157. The highest BCUT2D eigenvalue weighted by atomic mass is 16.5. The van der Waals surface area contributed by atoms with E-state index in [-0.39, 0.29) is 18.4 Å². The van der Waals surface area contributed by atoms with E-state index in [1.807, 2.05) is 17.9 Å². The first-order valence-electron chi connectivity index (χ1n) is 9.84. The van der Waals surface area contributed by atoms with Gasteiger partial charge in [-0.15, -0.1) is 0 Å². The van der Waals surface area contributed by atoms with Gasteiger partial charge in [-0.3, -0.25) is 14.4 Å². The summed E-state index contributed by atoms with van der Waals surface area (Å²) in [7, 11) is 1.52. The number of methoxy groups -OCH3 is 1. The van der Waals surface area contributed by atoms with Crippen molar-refractivity contribution < 1.29 is 23.9 Å². The molecule has 152 valence electrons. The van der Waals surface area contributed by atoms with E-state index in [1.165, 1.54) is 14.0 Å². The molecule has 7 heteroatoms. The van der Waals surface area contributed by atoms with Crippen molar-refractivity contribution in [2.24, 2.45) is 5.92 Å². The van der Waals surface area contributed by atoms with Crippen LogP contribution in [0.4, 0.5) is 5.69 Å². The summed E-state index contributed by atoms with van der Waals surface area (Å²) in [6.45, 7) is 3.83. The molecule has 0 bridgehead atoms. The van der Waals surface area contributed by atoms with Crippen LogP contribution in [0.2, 0.25) is 0 Å². The van der Waals surface area contributed by atoms with E-state index in [9.17, 15) is 14.4 Å². The first kappa shape index (κ1) is 20.2. The van der Waals surface area contributed by atoms with Crippen LogP contribution < -0.4 is 10.1 Å². The van der Waals surface area contributed by atoms with E-state index >= 15 is 0 Å². The zero-order valence-electron chi connectivity index (χ0n) is 16.7. The largest absolute Gasteiger partial charge is 0.495 e. The number of hydrogen-bond acceptors (Lipinski definition) is 5. The van der Waals surface area contributed by atoms with E-state index in [2.05, 4.69) is 5.32 Å². The molecule has 2 amide bonds. The Morgan fingerprint density at radius 1 is 1.25 bits per heavy atom. The number of likely N-dealkylation sites (tertiary alicyclic amines) is 1. The summed E-state index contributed by atoms with van der Waals surface area (Å²) in [5.74, 6) is -0.889. The van der Waals surface area contributed by atoms with Gasteiger partial charge in [-0.25, -0.2) is 0 Å². The number of hydrogen-bond donors (Lipinski definition) is 1. The van der Waals surface area contributed by atoms with E-state index in [1.54, 1.807) is 12.1 Å². The molecule has 1 aliphatic heterocycles. The maximum Gasteiger partial charge on any atom is 0.312 e. The van der Waals surface area contributed by atoms with E-state index in [0.717, 1.165) is 31.2 Å². The van der Waals surface area contributed by atoms with Gasteiger partial charge in [0.2, 0.25) is 5.91 Å². The molecule has 0 spiro atoms. The number of nitrogens with zero attached hydrogens (tertiary/aromatic N) is 1. The number of ether oxygens (including phenoxy) is 2. The Morgan fingerprint density at radius 3 is 2.64 bits per heavy atom. The van der Waals surface area contributed by atoms with Gasteiger partial charge < -0.3 is 19.7 Å². The summed E-state index contributed by atoms with van der Waals surface area (Å²) in [5, 5.41) is 2.74. The maximum atomic E-state index is 12.5. The molecule has 2 fully saturated rings. The number of aryl methyl sites for hydroxylation is 1. The predicted molar refractivity (Wildman–Crippen MR) is 104 cm³/mol. The highest BCUT2D eigenvalue weighted by Crippen LogP contribution is 2.30. The molecule has 1 N–H and O–H groups in total. The zero-order valence-corrected chi connectivity index (χ0v) is 16.7. The molecular formula is C21H28N2O5.